The third-order valence-electron chi connectivity index (χ3n) is 3.29. The molecule has 0 aromatic rings. The summed E-state index contributed by atoms with van der Waals surface area (Å²) < 4.78 is 0. The van der Waals surface area contributed by atoms with Crippen molar-refractivity contribution < 1.29 is 16.5 Å². The van der Waals surface area contributed by atoms with Crippen molar-refractivity contribution in [2.75, 3.05) is 0 Å². The molecule has 0 aliphatic heterocycles. The summed E-state index contributed by atoms with van der Waals surface area (Å²) in [6.45, 7) is 4.63. The molecule has 0 amide bonds. The molecular formula is C15H20Ni. The summed E-state index contributed by atoms with van der Waals surface area (Å²) in [6, 6.07) is 0. The second-order valence-electron chi connectivity index (χ2n) is 4.99. The largest absolute Gasteiger partial charge is 0.0773 e. The minimum atomic E-state index is 0. The number of hydrogen-bond acceptors (Lipinski definition) is 0. The first-order valence-corrected chi connectivity index (χ1v) is 5.97. The topological polar surface area (TPSA) is 0 Å². The summed E-state index contributed by atoms with van der Waals surface area (Å²) in [5.74, 6) is 2.81. The van der Waals surface area contributed by atoms with Crippen LogP contribution in [0, 0.1) is 23.7 Å². The Morgan fingerprint density at radius 3 is 1.50 bits per heavy atom. The molecule has 2 aliphatic rings. The van der Waals surface area contributed by atoms with Crippen LogP contribution in [0.15, 0.2) is 48.6 Å². The maximum atomic E-state index is 2.34. The molecule has 0 aromatic heterocycles. The van der Waals surface area contributed by atoms with Crippen LogP contribution in [0.2, 0.25) is 0 Å². The van der Waals surface area contributed by atoms with Crippen LogP contribution in [0.25, 0.3) is 0 Å². The zero-order chi connectivity index (χ0) is 10.7. The Hall–Kier alpha value is -0.546. The Morgan fingerprint density at radius 2 is 1.19 bits per heavy atom. The van der Waals surface area contributed by atoms with E-state index in [-0.39, 0.29) is 16.5 Å². The molecule has 0 saturated heterocycles. The van der Waals surface area contributed by atoms with Gasteiger partial charge in [0.1, 0.15) is 0 Å². The SMILES string of the molecule is CC(C)CC(C1C=CC=C1)C1C=CC=C1.[Ni]. The molecule has 0 fully saturated rings. The fourth-order valence-electron chi connectivity index (χ4n) is 2.58. The molecule has 1 heteroatoms. The molecule has 0 radical (unpaired) electrons. The van der Waals surface area contributed by atoms with Crippen molar-refractivity contribution in [2.24, 2.45) is 23.7 Å². The molecule has 16 heavy (non-hydrogen) atoms. The van der Waals surface area contributed by atoms with Crippen LogP contribution in [-0.2, 0) is 16.5 Å². The van der Waals surface area contributed by atoms with Crippen molar-refractivity contribution in [3.8, 4) is 0 Å². The van der Waals surface area contributed by atoms with E-state index >= 15 is 0 Å². The molecular weight excluding hydrogens is 239 g/mol. The summed E-state index contributed by atoms with van der Waals surface area (Å²) in [5, 5.41) is 0. The van der Waals surface area contributed by atoms with Gasteiger partial charge in [-0.05, 0) is 30.1 Å². The summed E-state index contributed by atoms with van der Waals surface area (Å²) in [7, 11) is 0. The van der Waals surface area contributed by atoms with Gasteiger partial charge in [0, 0.05) is 16.5 Å². The van der Waals surface area contributed by atoms with Crippen LogP contribution in [0.4, 0.5) is 0 Å². The maximum absolute atomic E-state index is 2.34. The first-order chi connectivity index (χ1) is 7.27. The van der Waals surface area contributed by atoms with E-state index in [0.717, 1.165) is 11.8 Å². The van der Waals surface area contributed by atoms with Crippen molar-refractivity contribution in [2.45, 2.75) is 20.3 Å². The van der Waals surface area contributed by atoms with E-state index in [2.05, 4.69) is 62.5 Å². The zero-order valence-electron chi connectivity index (χ0n) is 9.95. The zero-order valence-corrected chi connectivity index (χ0v) is 10.9. The Kier molecular flexibility index (Phi) is 5.28. The van der Waals surface area contributed by atoms with Crippen molar-refractivity contribution in [1.82, 2.24) is 0 Å². The third kappa shape index (κ3) is 3.22. The van der Waals surface area contributed by atoms with E-state index in [1.165, 1.54) is 6.42 Å². The van der Waals surface area contributed by atoms with Gasteiger partial charge in [0.2, 0.25) is 0 Å². The molecule has 0 nitrogen and oxygen atoms in total. The van der Waals surface area contributed by atoms with Gasteiger partial charge in [-0.3, -0.25) is 0 Å². The molecule has 0 bridgehead atoms. The van der Waals surface area contributed by atoms with Crippen molar-refractivity contribution in [1.29, 1.82) is 0 Å². The Bertz CT molecular complexity index is 268. The number of allylic oxidation sites excluding steroid dienone is 8. The second-order valence-corrected chi connectivity index (χ2v) is 4.99. The molecule has 0 aromatic carbocycles. The second kappa shape index (κ2) is 6.25. The fourth-order valence-corrected chi connectivity index (χ4v) is 2.58. The van der Waals surface area contributed by atoms with Gasteiger partial charge in [0.25, 0.3) is 0 Å². The minimum absolute atomic E-state index is 0. The van der Waals surface area contributed by atoms with E-state index < -0.39 is 0 Å². The Balaban J connectivity index is 0.00000128. The fraction of sp³-hybridized carbons (Fsp3) is 0.467. The van der Waals surface area contributed by atoms with Crippen LogP contribution < -0.4 is 0 Å². The molecule has 2 rings (SSSR count). The first kappa shape index (κ1) is 13.5. The monoisotopic (exact) mass is 258 g/mol. The van der Waals surface area contributed by atoms with Gasteiger partial charge in [-0.1, -0.05) is 62.5 Å². The normalized spacial score (nSPS) is 19.2. The van der Waals surface area contributed by atoms with Gasteiger partial charge in [0.15, 0.2) is 0 Å². The average Bonchev–Trinajstić information content (AvgIpc) is 2.87. The van der Waals surface area contributed by atoms with E-state index in [9.17, 15) is 0 Å². The minimum Gasteiger partial charge on any atom is -0.0773 e. The summed E-state index contributed by atoms with van der Waals surface area (Å²) in [4.78, 5) is 0. The average molecular weight is 259 g/mol. The third-order valence-corrected chi connectivity index (χ3v) is 3.29. The molecule has 0 unspecified atom stereocenters. The van der Waals surface area contributed by atoms with Crippen LogP contribution in [-0.4, -0.2) is 0 Å². The van der Waals surface area contributed by atoms with E-state index in [1.807, 2.05) is 0 Å². The van der Waals surface area contributed by atoms with Gasteiger partial charge in [0.05, 0.1) is 0 Å². The molecule has 0 atom stereocenters. The van der Waals surface area contributed by atoms with Crippen molar-refractivity contribution in [3.63, 3.8) is 0 Å². The number of rotatable bonds is 4. The molecule has 0 spiro atoms. The summed E-state index contributed by atoms with van der Waals surface area (Å²) >= 11 is 0. The van der Waals surface area contributed by atoms with Crippen molar-refractivity contribution >= 4 is 0 Å². The van der Waals surface area contributed by atoms with Crippen LogP contribution in [0.1, 0.15) is 20.3 Å². The maximum Gasteiger partial charge on any atom is 0 e. The first-order valence-electron chi connectivity index (χ1n) is 5.97. The van der Waals surface area contributed by atoms with E-state index in [0.29, 0.717) is 11.8 Å². The quantitative estimate of drug-likeness (QED) is 0.666. The summed E-state index contributed by atoms with van der Waals surface area (Å²) in [6.07, 6.45) is 19.4. The molecule has 0 saturated carbocycles. The Morgan fingerprint density at radius 1 is 0.812 bits per heavy atom. The predicted molar refractivity (Wildman–Crippen MR) is 66.5 cm³/mol. The van der Waals surface area contributed by atoms with Crippen LogP contribution >= 0.6 is 0 Å². The smallest absolute Gasteiger partial charge is 0 e. The van der Waals surface area contributed by atoms with Gasteiger partial charge in [-0.15, -0.1) is 0 Å². The van der Waals surface area contributed by atoms with E-state index in [1.54, 1.807) is 0 Å². The predicted octanol–water partition coefficient (Wildman–Crippen LogP) is 4.13. The molecule has 0 heterocycles. The number of hydrogen-bond donors (Lipinski definition) is 0. The Labute approximate surface area is 109 Å². The summed E-state index contributed by atoms with van der Waals surface area (Å²) in [5.41, 5.74) is 0. The van der Waals surface area contributed by atoms with Gasteiger partial charge in [-0.2, -0.15) is 0 Å². The van der Waals surface area contributed by atoms with E-state index in [4.69, 9.17) is 0 Å². The van der Waals surface area contributed by atoms with Gasteiger partial charge < -0.3 is 0 Å². The molecule has 2 aliphatic carbocycles. The standard InChI is InChI=1S/C15H20.Ni/c1-12(2)11-15(13-7-3-4-8-13)14-9-5-6-10-14;/h3-10,12-15H,11H2,1-2H3;. The van der Waals surface area contributed by atoms with Crippen molar-refractivity contribution in [3.05, 3.63) is 48.6 Å². The molecule has 0 N–H and O–H groups in total. The van der Waals surface area contributed by atoms with Crippen LogP contribution in [0.3, 0.4) is 0 Å². The van der Waals surface area contributed by atoms with Crippen LogP contribution in [0.5, 0.6) is 0 Å². The van der Waals surface area contributed by atoms with Gasteiger partial charge in [-0.25, -0.2) is 0 Å². The van der Waals surface area contributed by atoms with Gasteiger partial charge >= 0.3 is 0 Å². The molecule has 90 valence electrons.